The number of aliphatic hydroxyl groups is 1. The zero-order chi connectivity index (χ0) is 14.9. The highest BCUT2D eigenvalue weighted by Gasteiger charge is 2.42. The number of para-hydroxylation sites is 1. The van der Waals surface area contributed by atoms with Gasteiger partial charge in [-0.15, -0.1) is 0 Å². The molecule has 0 bridgehead atoms. The molecule has 1 heterocycles. The van der Waals surface area contributed by atoms with Crippen molar-refractivity contribution in [2.24, 2.45) is 5.41 Å². The van der Waals surface area contributed by atoms with Gasteiger partial charge in [0.15, 0.2) is 0 Å². The zero-order valence-electron chi connectivity index (χ0n) is 11.7. The Morgan fingerprint density at radius 1 is 1.33 bits per heavy atom. The number of benzene rings is 1. The minimum Gasteiger partial charge on any atom is -0.396 e. The van der Waals surface area contributed by atoms with E-state index in [1.807, 2.05) is 6.07 Å². The average molecular weight is 286 g/mol. The maximum atomic E-state index is 12.3. The second kappa shape index (κ2) is 5.33. The molecule has 0 radical (unpaired) electrons. The molecule has 1 amide bonds. The quantitative estimate of drug-likeness (QED) is 0.777. The van der Waals surface area contributed by atoms with Crippen LogP contribution in [0.1, 0.15) is 29.6 Å². The summed E-state index contributed by atoms with van der Waals surface area (Å²) in [5.41, 5.74) is 0.633. The van der Waals surface area contributed by atoms with Crippen LogP contribution in [0.3, 0.4) is 0 Å². The van der Waals surface area contributed by atoms with Crippen molar-refractivity contribution in [3.8, 4) is 0 Å². The molecule has 1 saturated carbocycles. The molecule has 1 aliphatic carbocycles. The predicted molar refractivity (Wildman–Crippen MR) is 80.3 cm³/mol. The molecule has 0 spiro atoms. The number of hydrogen-bond acceptors (Lipinski definition) is 3. The Morgan fingerprint density at radius 3 is 2.81 bits per heavy atom. The first-order chi connectivity index (χ1) is 10.2. The number of amides is 1. The summed E-state index contributed by atoms with van der Waals surface area (Å²) in [6.45, 7) is 0.644. The molecule has 5 nitrogen and oxygen atoms in total. The number of aromatic nitrogens is 1. The second-order valence-electron chi connectivity index (χ2n) is 5.73. The smallest absolute Gasteiger partial charge is 0.256 e. The molecule has 1 fully saturated rings. The summed E-state index contributed by atoms with van der Waals surface area (Å²) in [5.74, 6) is -0.355. The van der Waals surface area contributed by atoms with Gasteiger partial charge in [-0.05, 0) is 36.8 Å². The zero-order valence-corrected chi connectivity index (χ0v) is 11.7. The normalized spacial score (nSPS) is 15.9. The summed E-state index contributed by atoms with van der Waals surface area (Å²) in [6, 6.07) is 7.13. The summed E-state index contributed by atoms with van der Waals surface area (Å²) in [5, 5.41) is 12.4. The van der Waals surface area contributed by atoms with Crippen LogP contribution in [0.15, 0.2) is 35.3 Å². The molecule has 0 saturated heterocycles. The van der Waals surface area contributed by atoms with Crippen molar-refractivity contribution in [2.75, 3.05) is 13.2 Å². The van der Waals surface area contributed by atoms with Crippen LogP contribution in [0.4, 0.5) is 0 Å². The number of H-pyrrole nitrogens is 1. The van der Waals surface area contributed by atoms with Crippen LogP contribution in [-0.4, -0.2) is 29.1 Å². The number of pyridine rings is 1. The van der Waals surface area contributed by atoms with Gasteiger partial charge in [-0.1, -0.05) is 12.1 Å². The number of hydrogen-bond donors (Lipinski definition) is 3. The summed E-state index contributed by atoms with van der Waals surface area (Å²) in [7, 11) is 0. The summed E-state index contributed by atoms with van der Waals surface area (Å²) in [4.78, 5) is 27.5. The molecule has 3 rings (SSSR count). The Balaban J connectivity index is 1.79. The lowest BCUT2D eigenvalue weighted by Gasteiger charge is -2.14. The third-order valence-electron chi connectivity index (χ3n) is 4.26. The summed E-state index contributed by atoms with van der Waals surface area (Å²) >= 11 is 0. The molecule has 0 unspecified atom stereocenters. The lowest BCUT2D eigenvalue weighted by molar-refractivity contribution is 0.0939. The Morgan fingerprint density at radius 2 is 2.10 bits per heavy atom. The van der Waals surface area contributed by atoms with Crippen LogP contribution >= 0.6 is 0 Å². The molecule has 3 N–H and O–H groups in total. The Bertz CT molecular complexity index is 732. The topological polar surface area (TPSA) is 82.2 Å². The van der Waals surface area contributed by atoms with Gasteiger partial charge >= 0.3 is 0 Å². The number of carbonyl (C=O) groups is 1. The molecule has 0 aliphatic heterocycles. The molecule has 21 heavy (non-hydrogen) atoms. The van der Waals surface area contributed by atoms with Crippen LogP contribution in [0.2, 0.25) is 0 Å². The van der Waals surface area contributed by atoms with E-state index in [1.165, 1.54) is 6.20 Å². The lowest BCUT2D eigenvalue weighted by Crippen LogP contribution is -2.33. The third kappa shape index (κ3) is 2.69. The Kier molecular flexibility index (Phi) is 3.51. The summed E-state index contributed by atoms with van der Waals surface area (Å²) in [6.07, 6.45) is 4.19. The van der Waals surface area contributed by atoms with Gasteiger partial charge in [0, 0.05) is 30.3 Å². The van der Waals surface area contributed by atoms with Crippen molar-refractivity contribution >= 4 is 16.8 Å². The van der Waals surface area contributed by atoms with E-state index in [0.29, 0.717) is 18.4 Å². The molecular formula is C16H18N2O3. The van der Waals surface area contributed by atoms with Crippen LogP contribution in [0.25, 0.3) is 10.9 Å². The van der Waals surface area contributed by atoms with Gasteiger partial charge in [-0.3, -0.25) is 9.59 Å². The SMILES string of the molecule is O=C(NCC1(CCO)CC1)c1c[nH]c2ccccc2c1=O. The highest BCUT2D eigenvalue weighted by Crippen LogP contribution is 2.47. The van der Waals surface area contributed by atoms with Crippen LogP contribution in [0.5, 0.6) is 0 Å². The number of rotatable bonds is 5. The van der Waals surface area contributed by atoms with Crippen molar-refractivity contribution in [3.63, 3.8) is 0 Å². The Hall–Kier alpha value is -2.14. The van der Waals surface area contributed by atoms with Crippen LogP contribution in [-0.2, 0) is 0 Å². The molecular weight excluding hydrogens is 268 g/mol. The first-order valence-electron chi connectivity index (χ1n) is 7.15. The highest BCUT2D eigenvalue weighted by molar-refractivity contribution is 5.97. The predicted octanol–water partition coefficient (Wildman–Crippen LogP) is 1.42. The van der Waals surface area contributed by atoms with E-state index in [4.69, 9.17) is 5.11 Å². The van der Waals surface area contributed by atoms with E-state index in [2.05, 4.69) is 10.3 Å². The van der Waals surface area contributed by atoms with E-state index in [-0.39, 0.29) is 28.9 Å². The molecule has 0 atom stereocenters. The fraction of sp³-hybridized carbons (Fsp3) is 0.375. The first kappa shape index (κ1) is 13.8. The number of aromatic amines is 1. The molecule has 5 heteroatoms. The van der Waals surface area contributed by atoms with E-state index in [9.17, 15) is 9.59 Å². The van der Waals surface area contributed by atoms with E-state index in [1.54, 1.807) is 18.2 Å². The van der Waals surface area contributed by atoms with Gasteiger partial charge in [0.25, 0.3) is 5.91 Å². The van der Waals surface area contributed by atoms with Gasteiger partial charge in [0.05, 0.1) is 0 Å². The fourth-order valence-electron chi connectivity index (χ4n) is 2.63. The van der Waals surface area contributed by atoms with Crippen molar-refractivity contribution in [1.82, 2.24) is 10.3 Å². The van der Waals surface area contributed by atoms with Gasteiger partial charge in [-0.2, -0.15) is 0 Å². The molecule has 1 aromatic carbocycles. The number of carbonyl (C=O) groups excluding carboxylic acids is 1. The highest BCUT2D eigenvalue weighted by atomic mass is 16.3. The van der Waals surface area contributed by atoms with Crippen molar-refractivity contribution < 1.29 is 9.90 Å². The fourth-order valence-corrected chi connectivity index (χ4v) is 2.63. The second-order valence-corrected chi connectivity index (χ2v) is 5.73. The maximum absolute atomic E-state index is 12.3. The van der Waals surface area contributed by atoms with Crippen molar-refractivity contribution in [3.05, 3.63) is 46.2 Å². The van der Waals surface area contributed by atoms with Crippen LogP contribution in [0, 0.1) is 5.41 Å². The minimum absolute atomic E-state index is 0.0357. The molecule has 2 aromatic rings. The standard InChI is InChI=1S/C16H18N2O3/c19-8-7-16(5-6-16)10-18-15(21)12-9-17-13-4-2-1-3-11(13)14(12)20/h1-4,9,19H,5-8,10H2,(H,17,20)(H,18,21). The average Bonchev–Trinajstić information content (AvgIpc) is 3.26. The van der Waals surface area contributed by atoms with E-state index < -0.39 is 0 Å². The molecule has 110 valence electrons. The molecule has 1 aromatic heterocycles. The van der Waals surface area contributed by atoms with Crippen molar-refractivity contribution in [1.29, 1.82) is 0 Å². The maximum Gasteiger partial charge on any atom is 0.256 e. The van der Waals surface area contributed by atoms with Gasteiger partial charge in [-0.25, -0.2) is 0 Å². The summed E-state index contributed by atoms with van der Waals surface area (Å²) < 4.78 is 0. The monoisotopic (exact) mass is 286 g/mol. The lowest BCUT2D eigenvalue weighted by atomic mass is 10.0. The third-order valence-corrected chi connectivity index (χ3v) is 4.26. The van der Waals surface area contributed by atoms with Gasteiger partial charge in [0.2, 0.25) is 5.43 Å². The first-order valence-corrected chi connectivity index (χ1v) is 7.15. The van der Waals surface area contributed by atoms with Crippen LogP contribution < -0.4 is 10.7 Å². The van der Waals surface area contributed by atoms with Gasteiger partial charge < -0.3 is 15.4 Å². The molecule has 1 aliphatic rings. The minimum atomic E-state index is -0.355. The van der Waals surface area contributed by atoms with Gasteiger partial charge in [0.1, 0.15) is 5.56 Å². The Labute approximate surface area is 122 Å². The number of fused-ring (bicyclic) bond motifs is 1. The largest absolute Gasteiger partial charge is 0.396 e. The number of nitrogens with one attached hydrogen (secondary N) is 2. The van der Waals surface area contributed by atoms with E-state index >= 15 is 0 Å². The van der Waals surface area contributed by atoms with Crippen molar-refractivity contribution in [2.45, 2.75) is 19.3 Å². The number of aliphatic hydroxyl groups excluding tert-OH is 1. The van der Waals surface area contributed by atoms with E-state index in [0.717, 1.165) is 18.4 Å².